The molecule has 2 bridgehead atoms. The molecule has 2 aromatic rings. The number of fused-ring (bicyclic) bond motifs is 3. The van der Waals surface area contributed by atoms with Crippen LogP contribution in [0.25, 0.3) is 10.1 Å². The molecule has 2 N–H and O–H groups in total. The number of rotatable bonds is 2. The molecule has 0 aliphatic heterocycles. The molecular formula is C18H21NO2S. The van der Waals surface area contributed by atoms with Crippen molar-refractivity contribution in [1.29, 1.82) is 0 Å². The molecule has 1 aromatic carbocycles. The first-order valence-electron chi connectivity index (χ1n) is 7.98. The molecule has 3 nitrogen and oxygen atoms in total. The first-order chi connectivity index (χ1) is 10.5. The zero-order valence-electron chi connectivity index (χ0n) is 12.9. The van der Waals surface area contributed by atoms with E-state index in [2.05, 4.69) is 19.2 Å². The summed E-state index contributed by atoms with van der Waals surface area (Å²) >= 11 is 1.43. The Kier molecular flexibility index (Phi) is 3.02. The van der Waals surface area contributed by atoms with Gasteiger partial charge in [-0.2, -0.15) is 0 Å². The van der Waals surface area contributed by atoms with Crippen LogP contribution in [0.15, 0.2) is 23.6 Å². The van der Waals surface area contributed by atoms with Gasteiger partial charge >= 0.3 is 0 Å². The highest BCUT2D eigenvalue weighted by Gasteiger charge is 2.54. The maximum absolute atomic E-state index is 12.7. The normalized spacial score (nSPS) is 29.1. The molecule has 0 spiro atoms. The van der Waals surface area contributed by atoms with Gasteiger partial charge in [-0.1, -0.05) is 19.9 Å². The van der Waals surface area contributed by atoms with E-state index in [4.69, 9.17) is 0 Å². The molecule has 0 radical (unpaired) electrons. The standard InChI is InChI=1S/C18H21NO2S/c1-18(2)10-6-7-14(13(18)8-10)19-17(21)12-5-3-4-11-15(20)9-22-16(11)12/h3-5,9-10,13-14,20H,6-8H2,1-2H3,(H,19,21). The lowest BCUT2D eigenvalue weighted by Crippen LogP contribution is -2.59. The van der Waals surface area contributed by atoms with Gasteiger partial charge in [-0.05, 0) is 48.6 Å². The summed E-state index contributed by atoms with van der Waals surface area (Å²) in [5.41, 5.74) is 1.05. The number of thiophene rings is 1. The minimum Gasteiger partial charge on any atom is -0.506 e. The molecule has 3 unspecified atom stereocenters. The van der Waals surface area contributed by atoms with Crippen LogP contribution in [0.3, 0.4) is 0 Å². The third-order valence-corrected chi connectivity index (χ3v) is 7.02. The molecule has 1 amide bonds. The van der Waals surface area contributed by atoms with Crippen molar-refractivity contribution in [2.75, 3.05) is 0 Å². The van der Waals surface area contributed by atoms with E-state index >= 15 is 0 Å². The lowest BCUT2D eigenvalue weighted by Gasteiger charge is -2.60. The van der Waals surface area contributed by atoms with Crippen molar-refractivity contribution in [3.05, 3.63) is 29.1 Å². The predicted molar refractivity (Wildman–Crippen MR) is 89.4 cm³/mol. The molecule has 1 heterocycles. The van der Waals surface area contributed by atoms with Gasteiger partial charge in [0.25, 0.3) is 5.91 Å². The largest absolute Gasteiger partial charge is 0.506 e. The van der Waals surface area contributed by atoms with Crippen molar-refractivity contribution in [2.45, 2.75) is 39.2 Å². The van der Waals surface area contributed by atoms with E-state index in [1.54, 1.807) is 5.38 Å². The molecule has 22 heavy (non-hydrogen) atoms. The Labute approximate surface area is 134 Å². The summed E-state index contributed by atoms with van der Waals surface area (Å²) in [7, 11) is 0. The Morgan fingerprint density at radius 2 is 2.18 bits per heavy atom. The quantitative estimate of drug-likeness (QED) is 0.874. The minimum atomic E-state index is -0.00130. The van der Waals surface area contributed by atoms with Crippen LogP contribution >= 0.6 is 11.3 Å². The van der Waals surface area contributed by atoms with Crippen LogP contribution in [-0.4, -0.2) is 17.1 Å². The predicted octanol–water partition coefficient (Wildman–Crippen LogP) is 4.16. The van der Waals surface area contributed by atoms with Gasteiger partial charge in [0.2, 0.25) is 0 Å². The van der Waals surface area contributed by atoms with E-state index < -0.39 is 0 Å². The van der Waals surface area contributed by atoms with E-state index in [-0.39, 0.29) is 17.7 Å². The maximum Gasteiger partial charge on any atom is 0.252 e. The highest BCUT2D eigenvalue weighted by atomic mass is 32.1. The molecule has 3 aliphatic carbocycles. The molecule has 4 heteroatoms. The highest BCUT2D eigenvalue weighted by Crippen LogP contribution is 2.59. The average Bonchev–Trinajstić information content (AvgIpc) is 2.88. The smallest absolute Gasteiger partial charge is 0.252 e. The van der Waals surface area contributed by atoms with Gasteiger partial charge in [0, 0.05) is 16.8 Å². The molecule has 0 saturated heterocycles. The number of hydrogen-bond donors (Lipinski definition) is 2. The maximum atomic E-state index is 12.7. The molecular weight excluding hydrogens is 294 g/mol. The molecule has 5 rings (SSSR count). The molecule has 3 saturated carbocycles. The van der Waals surface area contributed by atoms with Crippen LogP contribution < -0.4 is 5.32 Å². The fourth-order valence-corrected chi connectivity index (χ4v) is 5.40. The molecule has 3 aliphatic rings. The Hall–Kier alpha value is -1.55. The zero-order chi connectivity index (χ0) is 15.5. The number of benzene rings is 1. The van der Waals surface area contributed by atoms with Gasteiger partial charge in [0.15, 0.2) is 0 Å². The molecule has 116 valence electrons. The summed E-state index contributed by atoms with van der Waals surface area (Å²) in [4.78, 5) is 12.7. The van der Waals surface area contributed by atoms with Crippen molar-refractivity contribution >= 4 is 27.3 Å². The van der Waals surface area contributed by atoms with E-state index in [0.717, 1.165) is 22.4 Å². The summed E-state index contributed by atoms with van der Waals surface area (Å²) < 4.78 is 0.874. The van der Waals surface area contributed by atoms with Crippen LogP contribution in [0, 0.1) is 17.3 Å². The monoisotopic (exact) mass is 315 g/mol. The average molecular weight is 315 g/mol. The van der Waals surface area contributed by atoms with E-state index in [9.17, 15) is 9.90 Å². The van der Waals surface area contributed by atoms with E-state index in [0.29, 0.717) is 16.9 Å². The van der Waals surface area contributed by atoms with Crippen LogP contribution in [0.2, 0.25) is 0 Å². The Bertz CT molecular complexity index is 747. The van der Waals surface area contributed by atoms with Gasteiger partial charge in [0.1, 0.15) is 5.75 Å². The van der Waals surface area contributed by atoms with Crippen molar-refractivity contribution < 1.29 is 9.90 Å². The summed E-state index contributed by atoms with van der Waals surface area (Å²) in [6.07, 6.45) is 3.57. The summed E-state index contributed by atoms with van der Waals surface area (Å²) in [5.74, 6) is 1.70. The summed E-state index contributed by atoms with van der Waals surface area (Å²) in [5, 5.41) is 15.6. The fraction of sp³-hybridized carbons (Fsp3) is 0.500. The number of carbonyl (C=O) groups is 1. The van der Waals surface area contributed by atoms with Gasteiger partial charge in [-0.3, -0.25) is 4.79 Å². The fourth-order valence-electron chi connectivity index (χ4n) is 4.45. The van der Waals surface area contributed by atoms with Crippen molar-refractivity contribution in [3.63, 3.8) is 0 Å². The number of nitrogens with one attached hydrogen (secondary N) is 1. The number of amides is 1. The topological polar surface area (TPSA) is 49.3 Å². The summed E-state index contributed by atoms with van der Waals surface area (Å²) in [6.45, 7) is 4.67. The van der Waals surface area contributed by atoms with E-state index in [1.807, 2.05) is 18.2 Å². The number of aromatic hydroxyl groups is 1. The second kappa shape index (κ2) is 4.72. The Morgan fingerprint density at radius 1 is 1.36 bits per heavy atom. The number of carbonyl (C=O) groups excluding carboxylic acids is 1. The first kappa shape index (κ1) is 14.1. The van der Waals surface area contributed by atoms with Gasteiger partial charge in [0.05, 0.1) is 10.3 Å². The Morgan fingerprint density at radius 3 is 2.91 bits per heavy atom. The van der Waals surface area contributed by atoms with Crippen LogP contribution in [0.4, 0.5) is 0 Å². The van der Waals surface area contributed by atoms with Crippen LogP contribution in [-0.2, 0) is 0 Å². The molecule has 1 aromatic heterocycles. The van der Waals surface area contributed by atoms with Crippen molar-refractivity contribution in [2.24, 2.45) is 17.3 Å². The third-order valence-electron chi connectivity index (χ3n) is 6.00. The highest BCUT2D eigenvalue weighted by molar-refractivity contribution is 7.18. The molecule has 3 atom stereocenters. The van der Waals surface area contributed by atoms with Crippen molar-refractivity contribution in [3.8, 4) is 5.75 Å². The van der Waals surface area contributed by atoms with Gasteiger partial charge in [-0.25, -0.2) is 0 Å². The van der Waals surface area contributed by atoms with Crippen LogP contribution in [0.5, 0.6) is 5.75 Å². The van der Waals surface area contributed by atoms with Crippen LogP contribution in [0.1, 0.15) is 43.5 Å². The number of hydrogen-bond acceptors (Lipinski definition) is 3. The lowest BCUT2D eigenvalue weighted by molar-refractivity contribution is -0.0843. The third kappa shape index (κ3) is 1.89. The second-order valence-corrected chi connectivity index (χ2v) is 8.20. The lowest BCUT2D eigenvalue weighted by atomic mass is 9.47. The molecule has 3 fully saturated rings. The first-order valence-corrected chi connectivity index (χ1v) is 8.86. The Balaban J connectivity index is 1.59. The van der Waals surface area contributed by atoms with Gasteiger partial charge < -0.3 is 10.4 Å². The minimum absolute atomic E-state index is 0.00130. The summed E-state index contributed by atoms with van der Waals surface area (Å²) in [6, 6.07) is 5.84. The van der Waals surface area contributed by atoms with Crippen molar-refractivity contribution in [1.82, 2.24) is 5.32 Å². The zero-order valence-corrected chi connectivity index (χ0v) is 13.7. The van der Waals surface area contributed by atoms with Gasteiger partial charge in [-0.15, -0.1) is 11.3 Å². The van der Waals surface area contributed by atoms with E-state index in [1.165, 1.54) is 24.2 Å². The second-order valence-electron chi connectivity index (χ2n) is 7.32. The SMILES string of the molecule is CC1(C)C2CCC(NC(=O)c3cccc4c(O)csc34)C1C2.